The number of rotatable bonds is 5. The maximum atomic E-state index is 12.1. The first-order valence-corrected chi connectivity index (χ1v) is 7.79. The van der Waals surface area contributed by atoms with Gasteiger partial charge in [-0.3, -0.25) is 4.79 Å². The first-order valence-electron chi connectivity index (χ1n) is 6.99. The average molecular weight is 372 g/mol. The van der Waals surface area contributed by atoms with Gasteiger partial charge in [0.15, 0.2) is 6.61 Å². The lowest BCUT2D eigenvalue weighted by Gasteiger charge is -2.11. The number of amides is 1. The van der Waals surface area contributed by atoms with E-state index in [9.17, 15) is 4.79 Å². The Morgan fingerprint density at radius 1 is 1.13 bits per heavy atom. The Hall–Kier alpha value is -2.60. The molecule has 2 aromatic carbocycles. The number of ether oxygens (including phenoxy) is 1. The fourth-order valence-electron chi connectivity index (χ4n) is 2.06. The van der Waals surface area contributed by atoms with Gasteiger partial charge in [0.25, 0.3) is 5.91 Å². The molecular formula is C17H14BrN3O2. The molecule has 0 radical (unpaired) electrons. The average Bonchev–Trinajstić information content (AvgIpc) is 3.01. The van der Waals surface area contributed by atoms with E-state index in [1.807, 2.05) is 60.8 Å². The van der Waals surface area contributed by atoms with Crippen molar-refractivity contribution in [2.45, 2.75) is 0 Å². The molecule has 0 atom stereocenters. The predicted molar refractivity (Wildman–Crippen MR) is 91.8 cm³/mol. The molecule has 0 saturated carbocycles. The van der Waals surface area contributed by atoms with Gasteiger partial charge >= 0.3 is 0 Å². The van der Waals surface area contributed by atoms with Gasteiger partial charge in [0.1, 0.15) is 5.75 Å². The minimum Gasteiger partial charge on any atom is -0.484 e. The van der Waals surface area contributed by atoms with Gasteiger partial charge in [0.2, 0.25) is 0 Å². The highest BCUT2D eigenvalue weighted by atomic mass is 79.9. The maximum absolute atomic E-state index is 12.1. The van der Waals surface area contributed by atoms with E-state index in [0.29, 0.717) is 11.4 Å². The Balaban J connectivity index is 1.69. The van der Waals surface area contributed by atoms with Crippen LogP contribution in [-0.2, 0) is 4.79 Å². The van der Waals surface area contributed by atoms with Crippen LogP contribution >= 0.6 is 15.9 Å². The summed E-state index contributed by atoms with van der Waals surface area (Å²) in [6, 6.07) is 16.7. The number of nitrogens with one attached hydrogen (secondary N) is 1. The van der Waals surface area contributed by atoms with Crippen LogP contribution in [0, 0.1) is 0 Å². The summed E-state index contributed by atoms with van der Waals surface area (Å²) in [6.07, 6.45) is 3.52. The lowest BCUT2D eigenvalue weighted by Crippen LogP contribution is -2.21. The van der Waals surface area contributed by atoms with Gasteiger partial charge in [0, 0.05) is 6.20 Å². The number of aromatic nitrogens is 2. The molecule has 1 amide bonds. The maximum Gasteiger partial charge on any atom is 0.262 e. The van der Waals surface area contributed by atoms with Crippen molar-refractivity contribution in [2.24, 2.45) is 0 Å². The van der Waals surface area contributed by atoms with Crippen LogP contribution in [0.3, 0.4) is 0 Å². The predicted octanol–water partition coefficient (Wildman–Crippen LogP) is 3.65. The zero-order valence-corrected chi connectivity index (χ0v) is 13.7. The number of benzene rings is 2. The van der Waals surface area contributed by atoms with Gasteiger partial charge in [-0.2, -0.15) is 5.10 Å². The summed E-state index contributed by atoms with van der Waals surface area (Å²) in [5.74, 6) is 0.430. The molecule has 0 aliphatic rings. The topological polar surface area (TPSA) is 56.1 Å². The Morgan fingerprint density at radius 2 is 1.87 bits per heavy atom. The molecule has 3 rings (SSSR count). The zero-order valence-electron chi connectivity index (χ0n) is 12.1. The van der Waals surface area contributed by atoms with Crippen molar-refractivity contribution in [3.63, 3.8) is 0 Å². The second-order valence-corrected chi connectivity index (χ2v) is 5.69. The SMILES string of the molecule is O=C(COc1ccccc1)Nc1ccccc1-n1cc(Br)cn1. The van der Waals surface area contributed by atoms with Crippen molar-refractivity contribution in [3.05, 3.63) is 71.5 Å². The van der Waals surface area contributed by atoms with Crippen molar-refractivity contribution in [1.82, 2.24) is 9.78 Å². The summed E-state index contributed by atoms with van der Waals surface area (Å²) in [4.78, 5) is 12.1. The Bertz CT molecular complexity index is 802. The lowest BCUT2D eigenvalue weighted by molar-refractivity contribution is -0.118. The number of hydrogen-bond acceptors (Lipinski definition) is 3. The Morgan fingerprint density at radius 3 is 2.61 bits per heavy atom. The lowest BCUT2D eigenvalue weighted by atomic mass is 10.2. The third-order valence-corrected chi connectivity index (χ3v) is 3.50. The van der Waals surface area contributed by atoms with Crippen molar-refractivity contribution < 1.29 is 9.53 Å². The molecule has 0 spiro atoms. The molecular weight excluding hydrogens is 358 g/mol. The summed E-state index contributed by atoms with van der Waals surface area (Å²) in [6.45, 7) is -0.0544. The van der Waals surface area contributed by atoms with Crippen LogP contribution in [0.4, 0.5) is 5.69 Å². The fourth-order valence-corrected chi connectivity index (χ4v) is 2.35. The van der Waals surface area contributed by atoms with Crippen LogP contribution in [0.25, 0.3) is 5.69 Å². The van der Waals surface area contributed by atoms with Crippen LogP contribution in [0.2, 0.25) is 0 Å². The highest BCUT2D eigenvalue weighted by Crippen LogP contribution is 2.21. The zero-order chi connectivity index (χ0) is 16.1. The third-order valence-electron chi connectivity index (χ3n) is 3.09. The van der Waals surface area contributed by atoms with Gasteiger partial charge < -0.3 is 10.1 Å². The van der Waals surface area contributed by atoms with Gasteiger partial charge in [-0.1, -0.05) is 30.3 Å². The molecule has 0 unspecified atom stereocenters. The fraction of sp³-hybridized carbons (Fsp3) is 0.0588. The molecule has 0 aliphatic heterocycles. The first-order chi connectivity index (χ1) is 11.2. The van der Waals surface area contributed by atoms with Crippen LogP contribution in [0.5, 0.6) is 5.75 Å². The van der Waals surface area contributed by atoms with E-state index in [1.165, 1.54) is 0 Å². The molecule has 23 heavy (non-hydrogen) atoms. The summed E-state index contributed by atoms with van der Waals surface area (Å²) < 4.78 is 8.01. The van der Waals surface area contributed by atoms with Crippen LogP contribution < -0.4 is 10.1 Å². The summed E-state index contributed by atoms with van der Waals surface area (Å²) >= 11 is 3.36. The minimum atomic E-state index is -0.229. The smallest absolute Gasteiger partial charge is 0.262 e. The van der Waals surface area contributed by atoms with Crippen LogP contribution in [0.1, 0.15) is 0 Å². The number of carbonyl (C=O) groups is 1. The van der Waals surface area contributed by atoms with Crippen molar-refractivity contribution in [3.8, 4) is 11.4 Å². The van der Waals surface area contributed by atoms with E-state index in [-0.39, 0.29) is 12.5 Å². The quantitative estimate of drug-likeness (QED) is 0.744. The molecule has 6 heteroatoms. The van der Waals surface area contributed by atoms with E-state index < -0.39 is 0 Å². The molecule has 1 heterocycles. The number of hydrogen-bond donors (Lipinski definition) is 1. The van der Waals surface area contributed by atoms with E-state index in [4.69, 9.17) is 4.74 Å². The summed E-state index contributed by atoms with van der Waals surface area (Å²) in [5.41, 5.74) is 1.45. The van der Waals surface area contributed by atoms with Crippen LogP contribution in [0.15, 0.2) is 71.5 Å². The molecule has 1 N–H and O–H groups in total. The van der Waals surface area contributed by atoms with Gasteiger partial charge in [-0.25, -0.2) is 4.68 Å². The van der Waals surface area contributed by atoms with Crippen LogP contribution in [-0.4, -0.2) is 22.3 Å². The number of carbonyl (C=O) groups excluding carboxylic acids is 1. The van der Waals surface area contributed by atoms with Gasteiger partial charge in [-0.15, -0.1) is 0 Å². The van der Waals surface area contributed by atoms with Crippen molar-refractivity contribution in [1.29, 1.82) is 0 Å². The summed E-state index contributed by atoms with van der Waals surface area (Å²) in [7, 11) is 0. The van der Waals surface area contributed by atoms with E-state index >= 15 is 0 Å². The minimum absolute atomic E-state index is 0.0544. The second kappa shape index (κ2) is 7.11. The Kier molecular flexibility index (Phi) is 4.73. The molecule has 5 nitrogen and oxygen atoms in total. The first kappa shape index (κ1) is 15.3. The van der Waals surface area contributed by atoms with Gasteiger partial charge in [-0.05, 0) is 40.2 Å². The molecule has 1 aromatic heterocycles. The van der Waals surface area contributed by atoms with E-state index in [2.05, 4.69) is 26.3 Å². The highest BCUT2D eigenvalue weighted by molar-refractivity contribution is 9.10. The van der Waals surface area contributed by atoms with Crippen molar-refractivity contribution >= 4 is 27.5 Å². The van der Waals surface area contributed by atoms with Gasteiger partial charge in [0.05, 0.1) is 22.0 Å². The normalized spacial score (nSPS) is 10.3. The molecule has 3 aromatic rings. The van der Waals surface area contributed by atoms with Crippen molar-refractivity contribution in [2.75, 3.05) is 11.9 Å². The number of para-hydroxylation sites is 3. The number of halogens is 1. The number of anilines is 1. The molecule has 0 fully saturated rings. The summed E-state index contributed by atoms with van der Waals surface area (Å²) in [5, 5.41) is 7.08. The highest BCUT2D eigenvalue weighted by Gasteiger charge is 2.09. The Labute approximate surface area is 142 Å². The molecule has 0 saturated heterocycles. The molecule has 0 bridgehead atoms. The molecule has 0 aliphatic carbocycles. The third kappa shape index (κ3) is 3.98. The standard InChI is InChI=1S/C17H14BrN3O2/c18-13-10-19-21(11-13)16-9-5-4-8-15(16)20-17(22)12-23-14-6-2-1-3-7-14/h1-11H,12H2,(H,20,22). The largest absolute Gasteiger partial charge is 0.484 e. The number of nitrogens with zero attached hydrogens (tertiary/aromatic N) is 2. The second-order valence-electron chi connectivity index (χ2n) is 4.77. The monoisotopic (exact) mass is 371 g/mol. The molecule has 116 valence electrons. The van der Waals surface area contributed by atoms with E-state index in [0.717, 1.165) is 10.2 Å². The van der Waals surface area contributed by atoms with E-state index in [1.54, 1.807) is 10.9 Å².